The van der Waals surface area contributed by atoms with Gasteiger partial charge >= 0.3 is 0 Å². The number of rotatable bonds is 5. The quantitative estimate of drug-likeness (QED) is 0.753. The Bertz CT molecular complexity index is 305. The smallest absolute Gasteiger partial charge is 0.182 e. The Balaban J connectivity index is 1.65. The van der Waals surface area contributed by atoms with Crippen LogP contribution in [0.25, 0.3) is 0 Å². The average Bonchev–Trinajstić information content (AvgIpc) is 2.86. The summed E-state index contributed by atoms with van der Waals surface area (Å²) in [5.74, 6) is 0. The lowest BCUT2D eigenvalue weighted by molar-refractivity contribution is 0.570. The van der Waals surface area contributed by atoms with Crippen molar-refractivity contribution in [2.75, 3.05) is 11.9 Å². The molecule has 0 radical (unpaired) electrons. The largest absolute Gasteiger partial charge is 0.361 e. The van der Waals surface area contributed by atoms with E-state index in [1.54, 1.807) is 23.7 Å². The number of aromatic nitrogens is 4. The summed E-state index contributed by atoms with van der Waals surface area (Å²) in [5.41, 5.74) is 0. The topological polar surface area (TPSA) is 55.6 Å². The molecule has 0 aromatic carbocycles. The summed E-state index contributed by atoms with van der Waals surface area (Å²) >= 11 is 1.61. The summed E-state index contributed by atoms with van der Waals surface area (Å²) in [4.78, 5) is 4.12. The molecule has 0 bridgehead atoms. The molecule has 6 heteroatoms. The predicted octanol–water partition coefficient (Wildman–Crippen LogP) is 1.24. The van der Waals surface area contributed by atoms with Gasteiger partial charge in [-0.15, -0.1) is 16.4 Å². The maximum atomic E-state index is 4.12. The molecule has 0 aliphatic rings. The molecule has 0 unspecified atom stereocenters. The minimum absolute atomic E-state index is 0.887. The molecule has 5 nitrogen and oxygen atoms in total. The van der Waals surface area contributed by atoms with E-state index in [1.807, 2.05) is 16.3 Å². The van der Waals surface area contributed by atoms with E-state index in [-0.39, 0.29) is 0 Å². The highest BCUT2D eigenvalue weighted by atomic mass is 32.1. The zero-order valence-corrected chi connectivity index (χ0v) is 8.44. The Morgan fingerprint density at radius 2 is 2.43 bits per heavy atom. The zero-order valence-electron chi connectivity index (χ0n) is 7.63. The standard InChI is InChI=1S/C8H11N5S/c1(5-13-6-3-11-12-13)2-9-8-10-4-7-14-8/h3-4,6-7H,1-2,5H2,(H,9,10). The van der Waals surface area contributed by atoms with E-state index in [0.717, 1.165) is 24.6 Å². The van der Waals surface area contributed by atoms with Gasteiger partial charge in [0.1, 0.15) is 0 Å². The normalized spacial score (nSPS) is 10.3. The van der Waals surface area contributed by atoms with Crippen LogP contribution in [0, 0.1) is 0 Å². The van der Waals surface area contributed by atoms with Crippen molar-refractivity contribution in [1.29, 1.82) is 0 Å². The second kappa shape index (κ2) is 4.71. The van der Waals surface area contributed by atoms with Gasteiger partial charge < -0.3 is 5.32 Å². The minimum atomic E-state index is 0.887. The molecule has 1 N–H and O–H groups in total. The van der Waals surface area contributed by atoms with Gasteiger partial charge in [-0.3, -0.25) is 4.68 Å². The molecule has 14 heavy (non-hydrogen) atoms. The second-order valence-electron chi connectivity index (χ2n) is 2.78. The Kier molecular flexibility index (Phi) is 3.07. The summed E-state index contributed by atoms with van der Waals surface area (Å²) in [5, 5.41) is 13.8. The molecule has 2 rings (SSSR count). The summed E-state index contributed by atoms with van der Waals surface area (Å²) in [6.07, 6.45) is 6.37. The maximum Gasteiger partial charge on any atom is 0.182 e. The molecule has 0 amide bonds. The van der Waals surface area contributed by atoms with Gasteiger partial charge in [0.2, 0.25) is 0 Å². The van der Waals surface area contributed by atoms with E-state index in [4.69, 9.17) is 0 Å². The zero-order chi connectivity index (χ0) is 9.64. The summed E-state index contributed by atoms with van der Waals surface area (Å²) in [6, 6.07) is 0. The van der Waals surface area contributed by atoms with Gasteiger partial charge in [-0.25, -0.2) is 4.98 Å². The van der Waals surface area contributed by atoms with E-state index >= 15 is 0 Å². The van der Waals surface area contributed by atoms with E-state index < -0.39 is 0 Å². The van der Waals surface area contributed by atoms with Crippen molar-refractivity contribution in [3.63, 3.8) is 0 Å². The van der Waals surface area contributed by atoms with Crippen LogP contribution < -0.4 is 5.32 Å². The molecule has 2 aromatic heterocycles. The number of hydrogen-bond donors (Lipinski definition) is 1. The van der Waals surface area contributed by atoms with Crippen LogP contribution in [0.1, 0.15) is 6.42 Å². The van der Waals surface area contributed by atoms with Crippen LogP contribution in [0.15, 0.2) is 24.0 Å². The lowest BCUT2D eigenvalue weighted by Gasteiger charge is -2.01. The van der Waals surface area contributed by atoms with Gasteiger partial charge in [-0.2, -0.15) is 0 Å². The van der Waals surface area contributed by atoms with Crippen molar-refractivity contribution in [2.45, 2.75) is 13.0 Å². The first-order chi connectivity index (χ1) is 6.95. The number of nitrogens with one attached hydrogen (secondary N) is 1. The van der Waals surface area contributed by atoms with E-state index in [9.17, 15) is 0 Å². The van der Waals surface area contributed by atoms with Crippen LogP contribution in [0.2, 0.25) is 0 Å². The van der Waals surface area contributed by atoms with Gasteiger partial charge in [0.05, 0.1) is 6.20 Å². The molecular formula is C8H11N5S. The lowest BCUT2D eigenvalue weighted by Crippen LogP contribution is -2.06. The SMILES string of the molecule is c1cn(CCCNc2nccs2)nn1. The summed E-state index contributed by atoms with van der Waals surface area (Å²) < 4.78 is 1.82. The molecule has 0 spiro atoms. The highest BCUT2D eigenvalue weighted by Gasteiger charge is 1.94. The summed E-state index contributed by atoms with van der Waals surface area (Å²) in [6.45, 7) is 1.80. The van der Waals surface area contributed by atoms with Gasteiger partial charge in [-0.05, 0) is 6.42 Å². The van der Waals surface area contributed by atoms with Crippen molar-refractivity contribution in [3.05, 3.63) is 24.0 Å². The van der Waals surface area contributed by atoms with Gasteiger partial charge in [0, 0.05) is 30.9 Å². The van der Waals surface area contributed by atoms with Crippen LogP contribution in [0.5, 0.6) is 0 Å². The third kappa shape index (κ3) is 2.53. The number of aryl methyl sites for hydroxylation is 1. The molecule has 0 saturated carbocycles. The molecule has 0 atom stereocenters. The Morgan fingerprint density at radius 1 is 1.43 bits per heavy atom. The number of hydrogen-bond acceptors (Lipinski definition) is 5. The Morgan fingerprint density at radius 3 is 3.14 bits per heavy atom. The lowest BCUT2D eigenvalue weighted by atomic mass is 10.4. The van der Waals surface area contributed by atoms with E-state index in [2.05, 4.69) is 20.6 Å². The first-order valence-corrected chi connectivity index (χ1v) is 5.30. The Hall–Kier alpha value is -1.43. The van der Waals surface area contributed by atoms with E-state index in [1.165, 1.54) is 0 Å². The van der Waals surface area contributed by atoms with Gasteiger partial charge in [-0.1, -0.05) is 5.21 Å². The van der Waals surface area contributed by atoms with E-state index in [0.29, 0.717) is 0 Å². The third-order valence-corrected chi connectivity index (χ3v) is 2.48. The van der Waals surface area contributed by atoms with Gasteiger partial charge in [0.25, 0.3) is 0 Å². The molecule has 74 valence electrons. The minimum Gasteiger partial charge on any atom is -0.361 e. The third-order valence-electron chi connectivity index (χ3n) is 1.74. The monoisotopic (exact) mass is 209 g/mol. The molecular weight excluding hydrogens is 198 g/mol. The molecule has 0 aliphatic heterocycles. The van der Waals surface area contributed by atoms with Gasteiger partial charge in [0.15, 0.2) is 5.13 Å². The Labute approximate surface area is 85.8 Å². The summed E-state index contributed by atoms with van der Waals surface area (Å²) in [7, 11) is 0. The van der Waals surface area contributed by atoms with Crippen molar-refractivity contribution >= 4 is 16.5 Å². The second-order valence-corrected chi connectivity index (χ2v) is 3.68. The van der Waals surface area contributed by atoms with Crippen LogP contribution in [0.3, 0.4) is 0 Å². The van der Waals surface area contributed by atoms with Crippen molar-refractivity contribution < 1.29 is 0 Å². The predicted molar refractivity (Wildman–Crippen MR) is 55.2 cm³/mol. The molecule has 0 aliphatic carbocycles. The van der Waals surface area contributed by atoms with Crippen molar-refractivity contribution in [1.82, 2.24) is 20.0 Å². The fourth-order valence-corrected chi connectivity index (χ4v) is 1.66. The fraction of sp³-hybridized carbons (Fsp3) is 0.375. The molecule has 2 aromatic rings. The maximum absolute atomic E-state index is 4.12. The fourth-order valence-electron chi connectivity index (χ4n) is 1.10. The highest BCUT2D eigenvalue weighted by Crippen LogP contribution is 2.09. The first-order valence-electron chi connectivity index (χ1n) is 4.42. The molecule has 0 saturated heterocycles. The average molecular weight is 209 g/mol. The molecule has 0 fully saturated rings. The van der Waals surface area contributed by atoms with Crippen LogP contribution in [0.4, 0.5) is 5.13 Å². The first kappa shape index (κ1) is 9.14. The highest BCUT2D eigenvalue weighted by molar-refractivity contribution is 7.13. The van der Waals surface area contributed by atoms with Crippen LogP contribution in [-0.2, 0) is 6.54 Å². The number of nitrogens with zero attached hydrogens (tertiary/aromatic N) is 4. The van der Waals surface area contributed by atoms with Crippen LogP contribution in [-0.4, -0.2) is 26.5 Å². The van der Waals surface area contributed by atoms with Crippen molar-refractivity contribution in [2.24, 2.45) is 0 Å². The number of anilines is 1. The van der Waals surface area contributed by atoms with Crippen LogP contribution >= 0.6 is 11.3 Å². The van der Waals surface area contributed by atoms with Crippen molar-refractivity contribution in [3.8, 4) is 0 Å². The number of thiazole rings is 1. The molecule has 2 heterocycles.